The van der Waals surface area contributed by atoms with E-state index in [9.17, 15) is 22.8 Å². The van der Waals surface area contributed by atoms with Crippen molar-refractivity contribution in [1.82, 2.24) is 10.0 Å². The number of carbonyl (C=O) groups excluding carboxylic acids is 3. The predicted octanol–water partition coefficient (Wildman–Crippen LogP) is 0.633. The number of ether oxygens (including phenoxy) is 1. The fraction of sp³-hybridized carbons (Fsp3) is 0.438. The highest BCUT2D eigenvalue weighted by molar-refractivity contribution is 7.90. The fourth-order valence-electron chi connectivity index (χ4n) is 2.61. The molecule has 1 aromatic rings. The number of sulfone groups is 1. The molecule has 2 rings (SSSR count). The summed E-state index contributed by atoms with van der Waals surface area (Å²) in [6.45, 7) is 2.35. The standard InChI is InChI=1S/C16H20N2O6S/c1-3-24-15(20)11-14(19)17-9-6-10-18(17)16(21)12-7-4-5-8-13(12)25(2,22)23/h4-5,7-8H,3,6,9-11H2,1-2H3. The molecule has 0 aliphatic carbocycles. The van der Waals surface area contributed by atoms with E-state index >= 15 is 0 Å². The maximum atomic E-state index is 12.8. The Hall–Kier alpha value is -2.42. The van der Waals surface area contributed by atoms with Gasteiger partial charge in [0.25, 0.3) is 11.8 Å². The van der Waals surface area contributed by atoms with Crippen LogP contribution in [-0.4, -0.2) is 62.2 Å². The Bertz CT molecular complexity index is 790. The van der Waals surface area contributed by atoms with Crippen LogP contribution in [0.25, 0.3) is 0 Å². The van der Waals surface area contributed by atoms with Gasteiger partial charge in [-0.3, -0.25) is 19.4 Å². The summed E-state index contributed by atoms with van der Waals surface area (Å²) in [4.78, 5) is 36.5. The number of rotatable bonds is 5. The molecule has 136 valence electrons. The van der Waals surface area contributed by atoms with E-state index in [0.29, 0.717) is 6.42 Å². The van der Waals surface area contributed by atoms with Gasteiger partial charge >= 0.3 is 5.97 Å². The summed E-state index contributed by atoms with van der Waals surface area (Å²) in [5.74, 6) is -1.81. The minimum absolute atomic E-state index is 0.000773. The zero-order valence-electron chi connectivity index (χ0n) is 14.1. The van der Waals surface area contributed by atoms with Crippen molar-refractivity contribution < 1.29 is 27.5 Å². The Morgan fingerprint density at radius 3 is 2.40 bits per heavy atom. The van der Waals surface area contributed by atoms with Crippen LogP contribution >= 0.6 is 0 Å². The molecular weight excluding hydrogens is 348 g/mol. The number of benzene rings is 1. The molecule has 8 nitrogen and oxygen atoms in total. The molecule has 1 aliphatic heterocycles. The third-order valence-corrected chi connectivity index (χ3v) is 4.83. The second kappa shape index (κ2) is 7.64. The van der Waals surface area contributed by atoms with Gasteiger partial charge in [0.05, 0.1) is 17.1 Å². The number of amides is 2. The zero-order valence-corrected chi connectivity index (χ0v) is 14.9. The van der Waals surface area contributed by atoms with Crippen LogP contribution in [0.4, 0.5) is 0 Å². The molecule has 0 N–H and O–H groups in total. The lowest BCUT2D eigenvalue weighted by Gasteiger charge is -2.28. The molecule has 1 aromatic carbocycles. The molecule has 0 spiro atoms. The van der Waals surface area contributed by atoms with Crippen LogP contribution in [0.1, 0.15) is 30.1 Å². The minimum Gasteiger partial charge on any atom is -0.466 e. The average Bonchev–Trinajstić information content (AvgIpc) is 3.03. The molecule has 0 bridgehead atoms. The Kier molecular flexibility index (Phi) is 5.78. The van der Waals surface area contributed by atoms with Crippen LogP contribution < -0.4 is 0 Å². The van der Waals surface area contributed by atoms with Crippen molar-refractivity contribution in [3.05, 3.63) is 29.8 Å². The lowest BCUT2D eigenvalue weighted by molar-refractivity contribution is -0.152. The maximum Gasteiger partial charge on any atom is 0.315 e. The first kappa shape index (κ1) is 18.9. The van der Waals surface area contributed by atoms with E-state index in [4.69, 9.17) is 4.74 Å². The van der Waals surface area contributed by atoms with E-state index in [1.807, 2.05) is 0 Å². The van der Waals surface area contributed by atoms with E-state index in [1.54, 1.807) is 13.0 Å². The summed E-state index contributed by atoms with van der Waals surface area (Å²) >= 11 is 0. The Labute approximate surface area is 146 Å². The molecule has 9 heteroatoms. The first-order valence-electron chi connectivity index (χ1n) is 7.82. The SMILES string of the molecule is CCOC(=O)CC(=O)N1CCCN1C(=O)c1ccccc1S(C)(=O)=O. The van der Waals surface area contributed by atoms with Crippen LogP contribution in [0, 0.1) is 0 Å². The lowest BCUT2D eigenvalue weighted by Crippen LogP contribution is -2.45. The summed E-state index contributed by atoms with van der Waals surface area (Å²) < 4.78 is 28.5. The molecular formula is C16H20N2O6S. The van der Waals surface area contributed by atoms with Gasteiger partial charge in [0, 0.05) is 19.3 Å². The van der Waals surface area contributed by atoms with Gasteiger partial charge in [0.2, 0.25) is 0 Å². The highest BCUT2D eigenvalue weighted by atomic mass is 32.2. The van der Waals surface area contributed by atoms with Gasteiger partial charge in [-0.25, -0.2) is 13.4 Å². The van der Waals surface area contributed by atoms with Gasteiger partial charge in [-0.15, -0.1) is 0 Å². The van der Waals surface area contributed by atoms with Crippen molar-refractivity contribution in [2.75, 3.05) is 26.0 Å². The molecule has 1 aliphatic rings. The number of hydrazine groups is 1. The molecule has 0 saturated carbocycles. The van der Waals surface area contributed by atoms with Crippen molar-refractivity contribution in [2.45, 2.75) is 24.7 Å². The molecule has 0 unspecified atom stereocenters. The highest BCUT2D eigenvalue weighted by Gasteiger charge is 2.34. The van der Waals surface area contributed by atoms with Gasteiger partial charge in [0.15, 0.2) is 9.84 Å². The van der Waals surface area contributed by atoms with Crippen LogP contribution in [0.15, 0.2) is 29.2 Å². The number of carbonyl (C=O) groups is 3. The van der Waals surface area contributed by atoms with E-state index in [2.05, 4.69) is 0 Å². The van der Waals surface area contributed by atoms with Crippen LogP contribution in [0.3, 0.4) is 0 Å². The van der Waals surface area contributed by atoms with Crippen LogP contribution in [0.2, 0.25) is 0 Å². The molecule has 0 aromatic heterocycles. The summed E-state index contributed by atoms with van der Waals surface area (Å²) in [5, 5.41) is 2.36. The zero-order chi connectivity index (χ0) is 18.6. The van der Waals surface area contributed by atoms with Gasteiger partial charge in [-0.2, -0.15) is 0 Å². The van der Waals surface area contributed by atoms with Crippen molar-refractivity contribution in [2.24, 2.45) is 0 Å². The van der Waals surface area contributed by atoms with Gasteiger partial charge < -0.3 is 4.74 Å². The van der Waals surface area contributed by atoms with Gasteiger partial charge in [0.1, 0.15) is 6.42 Å². The normalized spacial score (nSPS) is 14.5. The van der Waals surface area contributed by atoms with Gasteiger partial charge in [-0.1, -0.05) is 12.1 Å². The number of hydrogen-bond acceptors (Lipinski definition) is 6. The minimum atomic E-state index is -3.60. The fourth-order valence-corrected chi connectivity index (χ4v) is 3.50. The quantitative estimate of drug-likeness (QED) is 0.558. The predicted molar refractivity (Wildman–Crippen MR) is 88.2 cm³/mol. The second-order valence-electron chi connectivity index (χ2n) is 5.55. The largest absolute Gasteiger partial charge is 0.466 e. The van der Waals surface area contributed by atoms with Crippen molar-refractivity contribution in [1.29, 1.82) is 0 Å². The number of hydrogen-bond donors (Lipinski definition) is 0. The topological polar surface area (TPSA) is 101 Å². The summed E-state index contributed by atoms with van der Waals surface area (Å²) in [5.41, 5.74) is 0.000773. The number of esters is 1. The molecule has 0 atom stereocenters. The van der Waals surface area contributed by atoms with Crippen molar-refractivity contribution in [3.63, 3.8) is 0 Å². The summed E-state index contributed by atoms with van der Waals surface area (Å²) in [7, 11) is -3.60. The summed E-state index contributed by atoms with van der Waals surface area (Å²) in [6, 6.07) is 5.85. The first-order chi connectivity index (χ1) is 11.8. The molecule has 2 amide bonds. The maximum absolute atomic E-state index is 12.8. The molecule has 0 radical (unpaired) electrons. The van der Waals surface area contributed by atoms with Gasteiger partial charge in [-0.05, 0) is 25.5 Å². The smallest absolute Gasteiger partial charge is 0.315 e. The first-order valence-corrected chi connectivity index (χ1v) is 9.71. The molecule has 1 fully saturated rings. The van der Waals surface area contributed by atoms with E-state index < -0.39 is 34.0 Å². The van der Waals surface area contributed by atoms with Crippen molar-refractivity contribution >= 4 is 27.6 Å². The highest BCUT2D eigenvalue weighted by Crippen LogP contribution is 2.21. The Morgan fingerprint density at radius 1 is 1.12 bits per heavy atom. The second-order valence-corrected chi connectivity index (χ2v) is 7.53. The average molecular weight is 368 g/mol. The Morgan fingerprint density at radius 2 is 1.76 bits per heavy atom. The monoisotopic (exact) mass is 368 g/mol. The molecule has 25 heavy (non-hydrogen) atoms. The Balaban J connectivity index is 2.25. The van der Waals surface area contributed by atoms with Crippen LogP contribution in [-0.2, 0) is 24.2 Å². The third kappa shape index (κ3) is 4.36. The lowest BCUT2D eigenvalue weighted by atomic mass is 10.2. The summed E-state index contributed by atoms with van der Waals surface area (Å²) in [6.07, 6.45) is 1.10. The van der Waals surface area contributed by atoms with Crippen LogP contribution in [0.5, 0.6) is 0 Å². The van der Waals surface area contributed by atoms with E-state index in [0.717, 1.165) is 6.26 Å². The molecule has 1 saturated heterocycles. The number of nitrogens with zero attached hydrogens (tertiary/aromatic N) is 2. The van der Waals surface area contributed by atoms with E-state index in [1.165, 1.54) is 28.2 Å². The van der Waals surface area contributed by atoms with Crippen molar-refractivity contribution in [3.8, 4) is 0 Å². The molecule has 1 heterocycles. The third-order valence-electron chi connectivity index (χ3n) is 3.67. The van der Waals surface area contributed by atoms with E-state index in [-0.39, 0.29) is 30.2 Å².